The lowest BCUT2D eigenvalue weighted by molar-refractivity contribution is 0.103. The van der Waals surface area contributed by atoms with Gasteiger partial charge in [0.1, 0.15) is 5.82 Å². The van der Waals surface area contributed by atoms with Crippen molar-refractivity contribution in [2.45, 2.75) is 39.6 Å². The van der Waals surface area contributed by atoms with E-state index in [4.69, 9.17) is 16.3 Å². The second-order valence-electron chi connectivity index (χ2n) is 5.65. The van der Waals surface area contributed by atoms with Gasteiger partial charge in [-0.3, -0.25) is 0 Å². The summed E-state index contributed by atoms with van der Waals surface area (Å²) in [6, 6.07) is 6.18. The molecule has 0 N–H and O–H groups in total. The predicted octanol–water partition coefficient (Wildman–Crippen LogP) is 4.32. The van der Waals surface area contributed by atoms with E-state index in [0.29, 0.717) is 12.5 Å². The molecule has 20 heavy (non-hydrogen) atoms. The van der Waals surface area contributed by atoms with Crippen molar-refractivity contribution in [2.24, 2.45) is 5.92 Å². The van der Waals surface area contributed by atoms with E-state index in [1.165, 1.54) is 11.1 Å². The number of nitrogens with zero attached hydrogens (tertiary/aromatic N) is 2. The fraction of sp³-hybridized carbons (Fsp3) is 0.562. The molecular formula is C16H23ClN2O. The van der Waals surface area contributed by atoms with E-state index in [-0.39, 0.29) is 5.38 Å². The highest BCUT2D eigenvalue weighted by atomic mass is 35.5. The van der Waals surface area contributed by atoms with Gasteiger partial charge in [0.05, 0.1) is 23.0 Å². The Hall–Kier alpha value is -1.06. The van der Waals surface area contributed by atoms with Crippen LogP contribution in [-0.2, 0) is 11.3 Å². The number of halogens is 1. The topological polar surface area (TPSA) is 27.1 Å². The van der Waals surface area contributed by atoms with Crippen LogP contribution in [0.25, 0.3) is 11.0 Å². The van der Waals surface area contributed by atoms with Gasteiger partial charge in [0.15, 0.2) is 0 Å². The van der Waals surface area contributed by atoms with Crippen molar-refractivity contribution < 1.29 is 4.74 Å². The molecular weight excluding hydrogens is 272 g/mol. The molecule has 0 fully saturated rings. The highest BCUT2D eigenvalue weighted by Crippen LogP contribution is 2.26. The number of para-hydroxylation sites is 1. The lowest BCUT2D eigenvalue weighted by Crippen LogP contribution is -2.12. The summed E-state index contributed by atoms with van der Waals surface area (Å²) in [5, 5.41) is -0.105. The smallest absolute Gasteiger partial charge is 0.127 e. The van der Waals surface area contributed by atoms with Crippen LogP contribution in [-0.4, -0.2) is 22.8 Å². The van der Waals surface area contributed by atoms with Crippen molar-refractivity contribution in [1.82, 2.24) is 9.55 Å². The third kappa shape index (κ3) is 3.33. The van der Waals surface area contributed by atoms with Crippen molar-refractivity contribution in [1.29, 1.82) is 0 Å². The van der Waals surface area contributed by atoms with Crippen LogP contribution in [0.1, 0.15) is 37.5 Å². The maximum atomic E-state index is 6.27. The Morgan fingerprint density at radius 1 is 1.30 bits per heavy atom. The standard InChI is InChI=1S/C16H23ClN2O/c1-11(2)10-20-9-8-19-15-12(3)6-5-7-14(15)18-16(19)13(4)17/h5-7,11,13H,8-10H2,1-4H3. The van der Waals surface area contributed by atoms with Gasteiger partial charge in [-0.1, -0.05) is 26.0 Å². The van der Waals surface area contributed by atoms with E-state index in [2.05, 4.69) is 36.4 Å². The van der Waals surface area contributed by atoms with Gasteiger partial charge in [0, 0.05) is 13.2 Å². The molecule has 1 aromatic heterocycles. The molecule has 3 nitrogen and oxygen atoms in total. The average Bonchev–Trinajstić information content (AvgIpc) is 2.75. The largest absolute Gasteiger partial charge is 0.379 e. The second-order valence-corrected chi connectivity index (χ2v) is 6.30. The van der Waals surface area contributed by atoms with Gasteiger partial charge in [-0.15, -0.1) is 11.6 Å². The quantitative estimate of drug-likeness (QED) is 0.586. The number of fused-ring (bicyclic) bond motifs is 1. The molecule has 2 rings (SSSR count). The summed E-state index contributed by atoms with van der Waals surface area (Å²) in [6.07, 6.45) is 0. The van der Waals surface area contributed by atoms with Crippen LogP contribution in [0.15, 0.2) is 18.2 Å². The Labute approximate surface area is 125 Å². The Morgan fingerprint density at radius 2 is 2.05 bits per heavy atom. The number of aromatic nitrogens is 2. The Kier molecular flexibility index (Phi) is 5.06. The molecule has 0 aliphatic heterocycles. The number of benzene rings is 1. The van der Waals surface area contributed by atoms with Gasteiger partial charge < -0.3 is 9.30 Å². The molecule has 2 aromatic rings. The van der Waals surface area contributed by atoms with Crippen molar-refractivity contribution in [2.75, 3.05) is 13.2 Å². The number of aryl methyl sites for hydroxylation is 1. The van der Waals surface area contributed by atoms with Crippen LogP contribution in [0.3, 0.4) is 0 Å². The predicted molar refractivity (Wildman–Crippen MR) is 84.4 cm³/mol. The molecule has 0 radical (unpaired) electrons. The summed E-state index contributed by atoms with van der Waals surface area (Å²) >= 11 is 6.27. The molecule has 1 heterocycles. The molecule has 110 valence electrons. The normalized spacial score (nSPS) is 13.3. The van der Waals surface area contributed by atoms with Crippen LogP contribution in [0.5, 0.6) is 0 Å². The minimum atomic E-state index is -0.105. The first-order valence-corrected chi connectivity index (χ1v) is 7.62. The Balaban J connectivity index is 2.27. The fourth-order valence-electron chi connectivity index (χ4n) is 2.39. The van der Waals surface area contributed by atoms with Gasteiger partial charge in [0.25, 0.3) is 0 Å². The van der Waals surface area contributed by atoms with Crippen LogP contribution in [0, 0.1) is 12.8 Å². The van der Waals surface area contributed by atoms with Crippen LogP contribution < -0.4 is 0 Å². The van der Waals surface area contributed by atoms with Crippen molar-refractivity contribution in [3.05, 3.63) is 29.6 Å². The molecule has 4 heteroatoms. The first-order chi connectivity index (χ1) is 9.50. The zero-order valence-corrected chi connectivity index (χ0v) is 13.4. The van der Waals surface area contributed by atoms with Crippen LogP contribution in [0.4, 0.5) is 0 Å². The summed E-state index contributed by atoms with van der Waals surface area (Å²) in [6.45, 7) is 10.7. The number of imidazole rings is 1. The zero-order valence-electron chi connectivity index (χ0n) is 12.7. The fourth-order valence-corrected chi connectivity index (χ4v) is 2.55. The molecule has 0 amide bonds. The number of rotatable bonds is 6. The van der Waals surface area contributed by atoms with Crippen molar-refractivity contribution >= 4 is 22.6 Å². The van der Waals surface area contributed by atoms with Crippen LogP contribution in [0.2, 0.25) is 0 Å². The minimum Gasteiger partial charge on any atom is -0.379 e. The summed E-state index contributed by atoms with van der Waals surface area (Å²) < 4.78 is 7.90. The first kappa shape index (κ1) is 15.3. The molecule has 0 saturated carbocycles. The van der Waals surface area contributed by atoms with Gasteiger partial charge in [-0.05, 0) is 31.4 Å². The van der Waals surface area contributed by atoms with Crippen LogP contribution >= 0.6 is 11.6 Å². The highest BCUT2D eigenvalue weighted by Gasteiger charge is 2.15. The minimum absolute atomic E-state index is 0.105. The van der Waals surface area contributed by atoms with E-state index < -0.39 is 0 Å². The highest BCUT2D eigenvalue weighted by molar-refractivity contribution is 6.20. The zero-order chi connectivity index (χ0) is 14.7. The lowest BCUT2D eigenvalue weighted by Gasteiger charge is -2.13. The van der Waals surface area contributed by atoms with Gasteiger partial charge in [0.2, 0.25) is 0 Å². The van der Waals surface area contributed by atoms with E-state index in [9.17, 15) is 0 Å². The van der Waals surface area contributed by atoms with Gasteiger partial charge in [-0.25, -0.2) is 4.98 Å². The molecule has 0 aliphatic rings. The third-order valence-electron chi connectivity index (χ3n) is 3.26. The molecule has 0 saturated heterocycles. The number of alkyl halides is 1. The lowest BCUT2D eigenvalue weighted by atomic mass is 10.2. The molecule has 1 aromatic carbocycles. The second kappa shape index (κ2) is 6.59. The SMILES string of the molecule is Cc1cccc2nc(C(C)Cl)n(CCOCC(C)C)c12. The monoisotopic (exact) mass is 294 g/mol. The van der Waals surface area contributed by atoms with Gasteiger partial charge >= 0.3 is 0 Å². The Bertz CT molecular complexity index is 575. The summed E-state index contributed by atoms with van der Waals surface area (Å²) in [5.41, 5.74) is 3.40. The van der Waals surface area contributed by atoms with E-state index >= 15 is 0 Å². The third-order valence-corrected chi connectivity index (χ3v) is 3.46. The maximum Gasteiger partial charge on any atom is 0.127 e. The summed E-state index contributed by atoms with van der Waals surface area (Å²) in [5.74, 6) is 1.48. The number of hydrogen-bond acceptors (Lipinski definition) is 2. The molecule has 1 atom stereocenters. The Morgan fingerprint density at radius 3 is 2.70 bits per heavy atom. The molecule has 1 unspecified atom stereocenters. The maximum absolute atomic E-state index is 6.27. The summed E-state index contributed by atoms with van der Waals surface area (Å²) in [7, 11) is 0. The van der Waals surface area contributed by atoms with E-state index in [1.54, 1.807) is 0 Å². The molecule has 0 aliphatic carbocycles. The van der Waals surface area contributed by atoms with Gasteiger partial charge in [-0.2, -0.15) is 0 Å². The first-order valence-electron chi connectivity index (χ1n) is 7.18. The number of hydrogen-bond donors (Lipinski definition) is 0. The van der Waals surface area contributed by atoms with E-state index in [0.717, 1.165) is 24.5 Å². The average molecular weight is 295 g/mol. The summed E-state index contributed by atoms with van der Waals surface area (Å²) in [4.78, 5) is 4.66. The molecule has 0 bridgehead atoms. The van der Waals surface area contributed by atoms with E-state index in [1.807, 2.05) is 19.1 Å². The van der Waals surface area contributed by atoms with Crippen molar-refractivity contribution in [3.63, 3.8) is 0 Å². The van der Waals surface area contributed by atoms with Crippen molar-refractivity contribution in [3.8, 4) is 0 Å². The molecule has 0 spiro atoms. The number of ether oxygens (including phenoxy) is 1.